The number of benzene rings is 3. The van der Waals surface area contributed by atoms with Crippen molar-refractivity contribution in [3.63, 3.8) is 0 Å². The topological polar surface area (TPSA) is 100 Å². The molecule has 2 N–H and O–H groups in total. The van der Waals surface area contributed by atoms with Gasteiger partial charge in [-0.25, -0.2) is 5.01 Å². The summed E-state index contributed by atoms with van der Waals surface area (Å²) in [4.78, 5) is 4.49. The molecule has 3 aromatic rings. The molecule has 0 aliphatic carbocycles. The summed E-state index contributed by atoms with van der Waals surface area (Å²) in [7, 11) is -4.06. The first kappa shape index (κ1) is 25.6. The van der Waals surface area contributed by atoms with Gasteiger partial charge in [-0.2, -0.15) is 18.5 Å². The molecule has 0 amide bonds. The Kier molecular flexibility index (Phi) is 7.56. The van der Waals surface area contributed by atoms with E-state index < -0.39 is 10.0 Å². The molecule has 36 heavy (non-hydrogen) atoms. The minimum Gasteiger partial charge on any atom is -0.387 e. The van der Waals surface area contributed by atoms with Crippen molar-refractivity contribution in [2.24, 2.45) is 26.1 Å². The quantitative estimate of drug-likeness (QED) is 0.368. The maximum atomic E-state index is 13.2. The number of hydrogen-bond acceptors (Lipinski definition) is 3. The lowest BCUT2D eigenvalue weighted by Gasteiger charge is -2.17. The lowest BCUT2D eigenvalue weighted by Crippen LogP contribution is -2.29. The summed E-state index contributed by atoms with van der Waals surface area (Å²) in [6.07, 6.45) is 0. The molecule has 7 nitrogen and oxygen atoms in total. The fourth-order valence-corrected chi connectivity index (χ4v) is 4.76. The van der Waals surface area contributed by atoms with Crippen LogP contribution in [-0.4, -0.2) is 37.5 Å². The molecule has 0 saturated heterocycles. The van der Waals surface area contributed by atoms with Gasteiger partial charge in [-0.15, -0.1) is 4.40 Å². The van der Waals surface area contributed by atoms with E-state index in [-0.39, 0.29) is 28.5 Å². The van der Waals surface area contributed by atoms with Crippen molar-refractivity contribution >= 4 is 39.1 Å². The molecule has 0 unspecified atom stereocenters. The van der Waals surface area contributed by atoms with Crippen LogP contribution in [0.25, 0.3) is 0 Å². The number of aliphatic imine (C=N–C) groups is 1. The third-order valence-electron chi connectivity index (χ3n) is 5.83. The molecule has 4 rings (SSSR count). The number of aryl methyl sites for hydroxylation is 1. The molecule has 1 atom stereocenters. The van der Waals surface area contributed by atoms with E-state index in [1.807, 2.05) is 63.2 Å². The average Bonchev–Trinajstić information content (AvgIpc) is 3.30. The van der Waals surface area contributed by atoms with Gasteiger partial charge in [-0.3, -0.25) is 0 Å². The Hall–Kier alpha value is -3.49. The second kappa shape index (κ2) is 10.6. The van der Waals surface area contributed by atoms with E-state index in [0.717, 1.165) is 22.4 Å². The second-order valence-corrected chi connectivity index (χ2v) is 10.9. The van der Waals surface area contributed by atoms with E-state index >= 15 is 0 Å². The Morgan fingerprint density at radius 2 is 1.67 bits per heavy atom. The highest BCUT2D eigenvalue weighted by atomic mass is 35.5. The van der Waals surface area contributed by atoms with Gasteiger partial charge in [0.25, 0.3) is 16.0 Å². The Morgan fingerprint density at radius 3 is 2.28 bits per heavy atom. The van der Waals surface area contributed by atoms with E-state index in [1.165, 1.54) is 17.1 Å². The molecule has 0 radical (unpaired) electrons. The summed E-state index contributed by atoms with van der Waals surface area (Å²) < 4.78 is 30.5. The zero-order chi connectivity index (χ0) is 25.9. The zero-order valence-corrected chi connectivity index (χ0v) is 21.9. The molecule has 0 fully saturated rings. The van der Waals surface area contributed by atoms with E-state index in [2.05, 4.69) is 9.39 Å². The zero-order valence-electron chi connectivity index (χ0n) is 20.3. The van der Waals surface area contributed by atoms with Crippen LogP contribution in [0.2, 0.25) is 5.02 Å². The minimum absolute atomic E-state index is 0.0737. The van der Waals surface area contributed by atoms with E-state index in [9.17, 15) is 8.42 Å². The van der Waals surface area contributed by atoms with Gasteiger partial charge < -0.3 is 5.73 Å². The molecule has 1 aliphatic rings. The maximum absolute atomic E-state index is 13.2. The molecule has 3 aromatic carbocycles. The predicted molar refractivity (Wildman–Crippen MR) is 146 cm³/mol. The summed E-state index contributed by atoms with van der Waals surface area (Å²) in [5.41, 5.74) is 9.77. The third kappa shape index (κ3) is 5.83. The van der Waals surface area contributed by atoms with Gasteiger partial charge in [0, 0.05) is 16.9 Å². The largest absolute Gasteiger partial charge is 0.387 e. The van der Waals surface area contributed by atoms with Crippen LogP contribution >= 0.6 is 11.6 Å². The van der Waals surface area contributed by atoms with Crippen molar-refractivity contribution in [1.29, 1.82) is 0 Å². The highest BCUT2D eigenvalue weighted by Crippen LogP contribution is 2.30. The summed E-state index contributed by atoms with van der Waals surface area (Å²) >= 11 is 6.11. The Bertz CT molecular complexity index is 1420. The molecule has 1 heterocycles. The van der Waals surface area contributed by atoms with E-state index in [0.29, 0.717) is 11.6 Å². The van der Waals surface area contributed by atoms with Gasteiger partial charge in [-0.05, 0) is 42.3 Å². The minimum atomic E-state index is -4.06. The highest BCUT2D eigenvalue weighted by Gasteiger charge is 2.32. The van der Waals surface area contributed by atoms with Crippen LogP contribution in [0, 0.1) is 12.8 Å². The number of rotatable bonds is 5. The molecule has 9 heteroatoms. The Balaban J connectivity index is 1.83. The average molecular weight is 522 g/mol. The van der Waals surface area contributed by atoms with Crippen LogP contribution in [0.3, 0.4) is 0 Å². The number of hydrogen-bond donors (Lipinski definition) is 1. The number of sulfonamides is 1. The molecule has 0 spiro atoms. The second-order valence-electron chi connectivity index (χ2n) is 8.91. The van der Waals surface area contributed by atoms with Gasteiger partial charge in [0.15, 0.2) is 0 Å². The summed E-state index contributed by atoms with van der Waals surface area (Å²) in [6, 6.07) is 23.8. The Labute approximate surface area is 217 Å². The number of hydrazone groups is 1. The first-order valence-electron chi connectivity index (χ1n) is 11.6. The molecule has 0 aromatic heterocycles. The summed E-state index contributed by atoms with van der Waals surface area (Å²) in [5.74, 6) is -0.0643. The van der Waals surface area contributed by atoms with Crippen molar-refractivity contribution in [2.75, 3.05) is 6.54 Å². The van der Waals surface area contributed by atoms with Gasteiger partial charge >= 0.3 is 0 Å². The highest BCUT2D eigenvalue weighted by molar-refractivity contribution is 7.90. The maximum Gasteiger partial charge on any atom is 0.285 e. The fourth-order valence-electron chi connectivity index (χ4n) is 3.69. The lowest BCUT2D eigenvalue weighted by atomic mass is 9.91. The number of nitrogens with zero attached hydrogens (tertiary/aromatic N) is 4. The standard InChI is InChI=1S/C27H28ClN5O2S/c1-18(2)26(29)30-27(32-36(34,35)23-15-9-19(3)10-16-23)33-17-24(20-7-5-4-6-8-20)25(31-33)21-11-13-22(28)14-12-21/h4-16,18,24H,17H2,1-3H3,(H2,29,30,32)/t24-/m1/s1. The summed E-state index contributed by atoms with van der Waals surface area (Å²) in [5, 5.41) is 6.93. The van der Waals surface area contributed by atoms with Gasteiger partial charge in [0.1, 0.15) is 5.84 Å². The van der Waals surface area contributed by atoms with Gasteiger partial charge in [0.05, 0.1) is 17.2 Å². The van der Waals surface area contributed by atoms with Crippen molar-refractivity contribution in [1.82, 2.24) is 5.01 Å². The van der Waals surface area contributed by atoms with Crippen molar-refractivity contribution in [3.8, 4) is 0 Å². The summed E-state index contributed by atoms with van der Waals surface area (Å²) in [6.45, 7) is 5.99. The monoisotopic (exact) mass is 521 g/mol. The number of halogens is 1. The van der Waals surface area contributed by atoms with Gasteiger partial charge in [0.2, 0.25) is 0 Å². The number of nitrogens with two attached hydrogens (primary N) is 1. The lowest BCUT2D eigenvalue weighted by molar-refractivity contribution is 0.470. The molecular weight excluding hydrogens is 494 g/mol. The Morgan fingerprint density at radius 1 is 1.03 bits per heavy atom. The molecule has 1 aliphatic heterocycles. The van der Waals surface area contributed by atoms with Crippen LogP contribution < -0.4 is 5.73 Å². The molecule has 186 valence electrons. The third-order valence-corrected chi connectivity index (χ3v) is 7.35. The number of guanidine groups is 1. The van der Waals surface area contributed by atoms with E-state index in [1.54, 1.807) is 24.3 Å². The van der Waals surface area contributed by atoms with E-state index in [4.69, 9.17) is 22.4 Å². The SMILES string of the molecule is Cc1ccc(S(=O)(=O)N=C(N=C(N)C(C)C)N2C[C@H](c3ccccc3)C(c3ccc(Cl)cc3)=N2)cc1. The molecular formula is C27H28ClN5O2S. The molecule has 0 saturated carbocycles. The molecule has 0 bridgehead atoms. The van der Waals surface area contributed by atoms with Crippen LogP contribution in [0.5, 0.6) is 0 Å². The number of amidine groups is 1. The van der Waals surface area contributed by atoms with Gasteiger partial charge in [-0.1, -0.05) is 85.6 Å². The van der Waals surface area contributed by atoms with Crippen molar-refractivity contribution in [3.05, 3.63) is 101 Å². The first-order chi connectivity index (χ1) is 17.1. The normalized spacial score (nSPS) is 17.0. The predicted octanol–water partition coefficient (Wildman–Crippen LogP) is 5.21. The van der Waals surface area contributed by atoms with Crippen LogP contribution in [0.1, 0.15) is 36.5 Å². The first-order valence-corrected chi connectivity index (χ1v) is 13.4. The smallest absolute Gasteiger partial charge is 0.285 e. The van der Waals surface area contributed by atoms with Crippen LogP contribution in [0.4, 0.5) is 0 Å². The van der Waals surface area contributed by atoms with Crippen LogP contribution in [0.15, 0.2) is 98.2 Å². The van der Waals surface area contributed by atoms with Crippen molar-refractivity contribution < 1.29 is 8.42 Å². The van der Waals surface area contributed by atoms with Crippen LogP contribution in [-0.2, 0) is 10.0 Å². The van der Waals surface area contributed by atoms with Crippen molar-refractivity contribution in [2.45, 2.75) is 31.6 Å². The fraction of sp³-hybridized carbons (Fsp3) is 0.222.